The second kappa shape index (κ2) is 18.5. The minimum absolute atomic E-state index is 0. The molecule has 39 heavy (non-hydrogen) atoms. The number of benzene rings is 1. The Balaban J connectivity index is 0.000000582. The zero-order valence-corrected chi connectivity index (χ0v) is 30.3. The third-order valence-electron chi connectivity index (χ3n) is 6.91. The summed E-state index contributed by atoms with van der Waals surface area (Å²) >= 11 is 1.74. The molecule has 0 saturated heterocycles. The van der Waals surface area contributed by atoms with Crippen molar-refractivity contribution >= 4 is 16.2 Å². The maximum Gasteiger partial charge on any atom is 2.00 e. The van der Waals surface area contributed by atoms with E-state index in [9.17, 15) is 0 Å². The van der Waals surface area contributed by atoms with Crippen molar-refractivity contribution in [1.82, 2.24) is 0 Å². The number of hydrogen-bond donors (Lipinski definition) is 0. The predicted molar refractivity (Wildman–Crippen MR) is 158 cm³/mol. The van der Waals surface area contributed by atoms with Crippen LogP contribution in [0.3, 0.4) is 0 Å². The average molecular weight is 695 g/mol. The van der Waals surface area contributed by atoms with Gasteiger partial charge >= 0.3 is 58.9 Å². The number of rotatable bonds is 1. The van der Waals surface area contributed by atoms with Crippen molar-refractivity contribution in [1.29, 1.82) is 0 Å². The summed E-state index contributed by atoms with van der Waals surface area (Å²) < 4.78 is 0. The summed E-state index contributed by atoms with van der Waals surface area (Å²) in [4.78, 5) is 0. The van der Waals surface area contributed by atoms with Gasteiger partial charge in [0.05, 0.1) is 0 Å². The van der Waals surface area contributed by atoms with Crippen molar-refractivity contribution < 1.29 is 65.2 Å². The van der Waals surface area contributed by atoms with E-state index in [4.69, 9.17) is 0 Å². The van der Waals surface area contributed by atoms with Crippen molar-refractivity contribution in [3.8, 4) is 11.1 Å². The zero-order chi connectivity index (χ0) is 26.2. The molecule has 0 aliphatic heterocycles. The molecule has 0 fully saturated rings. The first-order valence-electron chi connectivity index (χ1n) is 13.0. The molecule has 0 amide bonds. The maximum atomic E-state index is 2.41. The number of aryl methyl sites for hydroxylation is 4. The summed E-state index contributed by atoms with van der Waals surface area (Å²) in [5.74, 6) is 0. The normalized spacial score (nSPS) is 10.7. The number of halogens is 2. The van der Waals surface area contributed by atoms with Gasteiger partial charge in [0.1, 0.15) is 0 Å². The van der Waals surface area contributed by atoms with Crippen LogP contribution in [0.1, 0.15) is 45.4 Å². The molecule has 1 aliphatic carbocycles. The molecular formula is C34H40Cl2FeSiZr-2. The van der Waals surface area contributed by atoms with Crippen molar-refractivity contribution in [3.63, 3.8) is 0 Å². The quantitative estimate of drug-likeness (QED) is 0.186. The second-order valence-electron chi connectivity index (χ2n) is 10.2. The molecular weight excluding hydrogens is 654 g/mol. The van der Waals surface area contributed by atoms with E-state index in [1.807, 2.05) is 30.3 Å². The van der Waals surface area contributed by atoms with Gasteiger partial charge in [-0.3, -0.25) is 0 Å². The van der Waals surface area contributed by atoms with E-state index < -0.39 is 0 Å². The van der Waals surface area contributed by atoms with Crippen LogP contribution in [0.15, 0.2) is 78.9 Å². The molecule has 0 heterocycles. The Hall–Kier alpha value is -0.921. The van der Waals surface area contributed by atoms with Crippen molar-refractivity contribution in [3.05, 3.63) is 118 Å². The molecule has 5 aromatic carbocycles. The van der Waals surface area contributed by atoms with Crippen LogP contribution in [0.5, 0.6) is 0 Å². The molecule has 0 nitrogen and oxygen atoms in total. The third-order valence-corrected chi connectivity index (χ3v) is 6.91. The van der Waals surface area contributed by atoms with E-state index in [-0.39, 0.29) is 47.3 Å². The molecule has 6 rings (SSSR count). The van der Waals surface area contributed by atoms with Gasteiger partial charge in [-0.2, -0.15) is 70.1 Å². The summed E-state index contributed by atoms with van der Waals surface area (Å²) in [6.45, 7) is 15.5. The van der Waals surface area contributed by atoms with E-state index in [0.29, 0.717) is 0 Å². The Bertz CT molecular complexity index is 1350. The first-order chi connectivity index (χ1) is 17.2. The van der Waals surface area contributed by atoms with Crippen LogP contribution in [0.2, 0.25) is 13.1 Å². The van der Waals surface area contributed by atoms with Gasteiger partial charge in [0.2, 0.25) is 0 Å². The summed E-state index contributed by atoms with van der Waals surface area (Å²) in [6, 6.07) is 28.1. The summed E-state index contributed by atoms with van der Waals surface area (Å²) in [5, 5.41) is 2.86. The predicted octanol–water partition coefficient (Wildman–Crippen LogP) is 3.58. The second-order valence-corrected chi connectivity index (χ2v) is 19.5. The molecule has 0 atom stereocenters. The zero-order valence-electron chi connectivity index (χ0n) is 24.2. The van der Waals surface area contributed by atoms with Crippen LogP contribution >= 0.6 is 0 Å². The molecule has 0 aromatic heterocycles. The van der Waals surface area contributed by atoms with Gasteiger partial charge in [0, 0.05) is 0 Å². The standard InChI is InChI=1S/C18H16.C9H13.C5H5.C2H6Si.2ClH.Fe.Zr/c1-12-9-15-11-14-7-4-8-16(14)18(17(15)10-12)13-5-2-3-6-13;1-6-5-7(2)9(4)8(6)3;1-2-4-5-3-1;1-3-2;;;;/h2-3,5-6,9-11H,4,7-8H2,1H3;5H,1-4H3;1-5H;1-2H3;2*1H;;/q-2;2*-1;;;;2*+2/p-2. The van der Waals surface area contributed by atoms with E-state index >= 15 is 0 Å². The number of fused-ring (bicyclic) bond motifs is 2. The summed E-state index contributed by atoms with van der Waals surface area (Å²) in [6.07, 6.45) is 3.81. The summed E-state index contributed by atoms with van der Waals surface area (Å²) in [5.41, 5.74) is 13.4. The van der Waals surface area contributed by atoms with Crippen LogP contribution in [0.4, 0.5) is 0 Å². The molecule has 0 N–H and O–H groups in total. The molecule has 0 spiro atoms. The van der Waals surface area contributed by atoms with E-state index in [1.54, 1.807) is 34.5 Å². The molecule has 5 aromatic rings. The van der Waals surface area contributed by atoms with Crippen molar-refractivity contribution in [2.24, 2.45) is 0 Å². The smallest absolute Gasteiger partial charge is 1.00 e. The largest absolute Gasteiger partial charge is 2.00 e. The van der Waals surface area contributed by atoms with Gasteiger partial charge in [-0.25, -0.2) is 12.1 Å². The minimum atomic E-state index is 0. The molecule has 208 valence electrons. The van der Waals surface area contributed by atoms with Gasteiger partial charge in [0.15, 0.2) is 0 Å². The van der Waals surface area contributed by atoms with Gasteiger partial charge in [-0.05, 0) is 6.42 Å². The molecule has 1 aliphatic rings. The van der Waals surface area contributed by atoms with Gasteiger partial charge in [-0.1, -0.05) is 47.5 Å². The fourth-order valence-corrected chi connectivity index (χ4v) is 4.90. The van der Waals surface area contributed by atoms with Gasteiger partial charge in [0.25, 0.3) is 0 Å². The van der Waals surface area contributed by atoms with Crippen LogP contribution in [0, 0.1) is 34.6 Å². The van der Waals surface area contributed by atoms with Gasteiger partial charge in [-0.15, -0.1) is 57.5 Å². The Morgan fingerprint density at radius 3 is 1.77 bits per heavy atom. The van der Waals surface area contributed by atoms with Crippen LogP contribution in [0.25, 0.3) is 21.9 Å². The maximum absolute atomic E-state index is 2.41. The molecule has 0 radical (unpaired) electrons. The molecule has 0 unspecified atom stereocenters. The van der Waals surface area contributed by atoms with Crippen LogP contribution < -0.4 is 24.8 Å². The minimum Gasteiger partial charge on any atom is -1.00 e. The first kappa shape index (κ1) is 38.1. The van der Waals surface area contributed by atoms with E-state index in [1.165, 1.54) is 69.0 Å². The molecule has 0 bridgehead atoms. The third kappa shape index (κ3) is 10.8. The monoisotopic (exact) mass is 692 g/mol. The Morgan fingerprint density at radius 1 is 0.795 bits per heavy atom. The topological polar surface area (TPSA) is 0 Å². The molecule has 5 heteroatoms. The fourth-order valence-electron chi connectivity index (χ4n) is 4.90. The average Bonchev–Trinajstić information content (AvgIpc) is 3.64. The Morgan fingerprint density at radius 2 is 1.33 bits per heavy atom. The molecule has 0 saturated carbocycles. The number of hydrogen-bond acceptors (Lipinski definition) is 0. The first-order valence-corrected chi connectivity index (χ1v) is 19.2. The SMILES string of the molecule is C[Si](C)=[Zr+2].Cc1[cH-]c(C)c(C)c1C.Cc1cc2c(-[c-]3cccc3)c3c(cc2[cH-]1)CCC3.[Cl-].[Cl-].[Fe+2].c1cc[cH-]c1. The Labute approximate surface area is 275 Å². The van der Waals surface area contributed by atoms with Crippen LogP contribution in [-0.2, 0) is 53.2 Å². The Kier molecular flexibility index (Phi) is 18.1. The van der Waals surface area contributed by atoms with Gasteiger partial charge < -0.3 is 24.8 Å². The van der Waals surface area contributed by atoms with Crippen molar-refractivity contribution in [2.45, 2.75) is 67.0 Å². The van der Waals surface area contributed by atoms with E-state index in [0.717, 1.165) is 0 Å². The summed E-state index contributed by atoms with van der Waals surface area (Å²) in [7, 11) is 0. The fraction of sp³-hybridized carbons (Fsp3) is 0.294. The van der Waals surface area contributed by atoms with Crippen molar-refractivity contribution in [2.75, 3.05) is 0 Å². The van der Waals surface area contributed by atoms with Crippen LogP contribution in [-0.4, -0.2) is 5.43 Å². The van der Waals surface area contributed by atoms with E-state index in [2.05, 4.69) is 96.2 Å².